The number of fused-ring (bicyclic) bond motifs is 1. The van der Waals surface area contributed by atoms with Crippen LogP contribution >= 0.6 is 11.6 Å². The molecule has 2 heteroatoms. The van der Waals surface area contributed by atoms with Gasteiger partial charge in [0.1, 0.15) is 5.75 Å². The van der Waals surface area contributed by atoms with Gasteiger partial charge in [0.2, 0.25) is 0 Å². The highest BCUT2D eigenvalue weighted by Crippen LogP contribution is 2.52. The van der Waals surface area contributed by atoms with Crippen molar-refractivity contribution in [3.05, 3.63) is 28.8 Å². The first-order valence-corrected chi connectivity index (χ1v) is 6.32. The average Bonchev–Trinajstić information content (AvgIpc) is 2.43. The van der Waals surface area contributed by atoms with E-state index in [4.69, 9.17) is 16.3 Å². The molecule has 1 nitrogen and oxygen atoms in total. The number of halogens is 1. The largest absolute Gasteiger partial charge is 0.494 e. The molecular weight excluding hydrogens is 220 g/mol. The van der Waals surface area contributed by atoms with Gasteiger partial charge in [-0.05, 0) is 42.9 Å². The van der Waals surface area contributed by atoms with Crippen molar-refractivity contribution >= 4 is 11.6 Å². The third kappa shape index (κ3) is 1.71. The summed E-state index contributed by atoms with van der Waals surface area (Å²) >= 11 is 6.45. The van der Waals surface area contributed by atoms with Gasteiger partial charge >= 0.3 is 0 Å². The smallest absolute Gasteiger partial charge is 0.123 e. The van der Waals surface area contributed by atoms with Crippen LogP contribution in [0.3, 0.4) is 0 Å². The van der Waals surface area contributed by atoms with Crippen molar-refractivity contribution in [1.29, 1.82) is 0 Å². The van der Waals surface area contributed by atoms with E-state index in [1.165, 1.54) is 16.7 Å². The molecule has 1 aliphatic rings. The molecule has 0 amide bonds. The Labute approximate surface area is 103 Å². The summed E-state index contributed by atoms with van der Waals surface area (Å²) in [5, 5.41) is 0.130. The third-order valence-corrected chi connectivity index (χ3v) is 3.78. The molecule has 0 spiro atoms. The lowest BCUT2D eigenvalue weighted by Crippen LogP contribution is -2.14. The van der Waals surface area contributed by atoms with Crippen molar-refractivity contribution in [2.75, 3.05) is 6.61 Å². The van der Waals surface area contributed by atoms with Gasteiger partial charge in [0.25, 0.3) is 0 Å². The molecule has 88 valence electrons. The number of hydrogen-bond acceptors (Lipinski definition) is 1. The molecule has 16 heavy (non-hydrogen) atoms. The van der Waals surface area contributed by atoms with Gasteiger partial charge in [-0.25, -0.2) is 0 Å². The summed E-state index contributed by atoms with van der Waals surface area (Å²) in [7, 11) is 0. The van der Waals surface area contributed by atoms with Crippen LogP contribution in [-0.2, 0) is 5.41 Å². The predicted molar refractivity (Wildman–Crippen MR) is 68.6 cm³/mol. The Morgan fingerprint density at radius 2 is 2.12 bits per heavy atom. The molecule has 0 aromatic heterocycles. The predicted octanol–water partition coefficient (Wildman–Crippen LogP) is 4.35. The van der Waals surface area contributed by atoms with Crippen LogP contribution < -0.4 is 4.74 Å². The van der Waals surface area contributed by atoms with Crippen LogP contribution in [0.15, 0.2) is 12.1 Å². The lowest BCUT2D eigenvalue weighted by Gasteiger charge is -2.22. The van der Waals surface area contributed by atoms with Gasteiger partial charge in [-0.15, -0.1) is 11.6 Å². The molecule has 0 radical (unpaired) electrons. The van der Waals surface area contributed by atoms with Crippen molar-refractivity contribution in [3.63, 3.8) is 0 Å². The van der Waals surface area contributed by atoms with Gasteiger partial charge in [-0.2, -0.15) is 0 Å². The molecule has 0 heterocycles. The highest BCUT2D eigenvalue weighted by Gasteiger charge is 2.39. The zero-order chi connectivity index (χ0) is 11.9. The Bertz CT molecular complexity index is 409. The minimum Gasteiger partial charge on any atom is -0.494 e. The number of hydrogen-bond donors (Lipinski definition) is 0. The SMILES string of the molecule is CCOc1ccc(C)c2c1C(C)(C)CC2Cl. The molecule has 1 aliphatic carbocycles. The fraction of sp³-hybridized carbons (Fsp3) is 0.571. The Morgan fingerprint density at radius 1 is 1.44 bits per heavy atom. The van der Waals surface area contributed by atoms with E-state index in [-0.39, 0.29) is 10.8 Å². The maximum Gasteiger partial charge on any atom is 0.123 e. The second-order valence-corrected chi connectivity index (χ2v) is 5.68. The molecule has 1 aromatic rings. The fourth-order valence-corrected chi connectivity index (χ4v) is 3.40. The van der Waals surface area contributed by atoms with Gasteiger partial charge in [0, 0.05) is 5.56 Å². The minimum absolute atomic E-state index is 0.123. The molecule has 2 rings (SSSR count). The van der Waals surface area contributed by atoms with Crippen LogP contribution in [0.2, 0.25) is 0 Å². The Hall–Kier alpha value is -0.690. The maximum absolute atomic E-state index is 6.45. The van der Waals surface area contributed by atoms with E-state index >= 15 is 0 Å². The van der Waals surface area contributed by atoms with Gasteiger partial charge in [0.05, 0.1) is 12.0 Å². The molecule has 1 unspecified atom stereocenters. The van der Waals surface area contributed by atoms with Gasteiger partial charge in [-0.1, -0.05) is 19.9 Å². The maximum atomic E-state index is 6.45. The number of alkyl halides is 1. The molecule has 0 bridgehead atoms. The standard InChI is InChI=1S/C14H19ClO/c1-5-16-11-7-6-9(2)12-10(15)8-14(3,4)13(11)12/h6-7,10H,5,8H2,1-4H3. The van der Waals surface area contributed by atoms with Crippen LogP contribution in [0, 0.1) is 6.92 Å². The van der Waals surface area contributed by atoms with E-state index in [0.29, 0.717) is 6.61 Å². The van der Waals surface area contributed by atoms with E-state index in [1.54, 1.807) is 0 Å². The number of benzene rings is 1. The van der Waals surface area contributed by atoms with Crippen LogP contribution in [0.1, 0.15) is 49.3 Å². The van der Waals surface area contributed by atoms with Crippen molar-refractivity contribution in [2.24, 2.45) is 0 Å². The zero-order valence-corrected chi connectivity index (χ0v) is 11.2. The summed E-state index contributed by atoms with van der Waals surface area (Å²) in [4.78, 5) is 0. The summed E-state index contributed by atoms with van der Waals surface area (Å²) in [6.07, 6.45) is 0.995. The molecule has 0 N–H and O–H groups in total. The summed E-state index contributed by atoms with van der Waals surface area (Å²) < 4.78 is 5.73. The second-order valence-electron chi connectivity index (χ2n) is 5.16. The van der Waals surface area contributed by atoms with E-state index in [2.05, 4.69) is 32.9 Å². The van der Waals surface area contributed by atoms with Gasteiger partial charge in [0.15, 0.2) is 0 Å². The Balaban J connectivity index is 2.62. The van der Waals surface area contributed by atoms with E-state index in [0.717, 1.165) is 12.2 Å². The average molecular weight is 239 g/mol. The quantitative estimate of drug-likeness (QED) is 0.696. The van der Waals surface area contributed by atoms with E-state index < -0.39 is 0 Å². The second kappa shape index (κ2) is 3.96. The monoisotopic (exact) mass is 238 g/mol. The highest BCUT2D eigenvalue weighted by atomic mass is 35.5. The summed E-state index contributed by atoms with van der Waals surface area (Å²) in [5.74, 6) is 1.01. The van der Waals surface area contributed by atoms with Gasteiger partial charge < -0.3 is 4.74 Å². The minimum atomic E-state index is 0.123. The third-order valence-electron chi connectivity index (χ3n) is 3.40. The first-order chi connectivity index (χ1) is 7.47. The topological polar surface area (TPSA) is 9.23 Å². The molecule has 0 saturated heterocycles. The van der Waals surface area contributed by atoms with Crippen molar-refractivity contribution in [1.82, 2.24) is 0 Å². The molecule has 0 saturated carbocycles. The van der Waals surface area contributed by atoms with Crippen molar-refractivity contribution < 1.29 is 4.74 Å². The number of aryl methyl sites for hydroxylation is 1. The lowest BCUT2D eigenvalue weighted by molar-refractivity contribution is 0.329. The molecule has 1 atom stereocenters. The molecule has 0 aliphatic heterocycles. The van der Waals surface area contributed by atoms with Crippen LogP contribution in [0.4, 0.5) is 0 Å². The fourth-order valence-electron chi connectivity index (χ4n) is 2.73. The molecule has 0 fully saturated rings. The Kier molecular flexibility index (Phi) is 2.91. The number of rotatable bonds is 2. The van der Waals surface area contributed by atoms with Gasteiger partial charge in [-0.3, -0.25) is 0 Å². The highest BCUT2D eigenvalue weighted by molar-refractivity contribution is 6.21. The molecular formula is C14H19ClO. The van der Waals surface area contributed by atoms with Crippen LogP contribution in [-0.4, -0.2) is 6.61 Å². The van der Waals surface area contributed by atoms with Crippen LogP contribution in [0.25, 0.3) is 0 Å². The van der Waals surface area contributed by atoms with E-state index in [1.807, 2.05) is 6.92 Å². The van der Waals surface area contributed by atoms with Crippen LogP contribution in [0.5, 0.6) is 5.75 Å². The molecule has 1 aromatic carbocycles. The summed E-state index contributed by atoms with van der Waals surface area (Å²) in [5.41, 5.74) is 4.01. The summed E-state index contributed by atoms with van der Waals surface area (Å²) in [6, 6.07) is 4.19. The Morgan fingerprint density at radius 3 is 2.75 bits per heavy atom. The first kappa shape index (κ1) is 11.8. The number of ether oxygens (including phenoxy) is 1. The normalized spacial score (nSPS) is 21.9. The lowest BCUT2D eigenvalue weighted by atomic mass is 9.85. The van der Waals surface area contributed by atoms with Crippen molar-refractivity contribution in [2.45, 2.75) is 44.9 Å². The van der Waals surface area contributed by atoms with E-state index in [9.17, 15) is 0 Å². The van der Waals surface area contributed by atoms with Crippen molar-refractivity contribution in [3.8, 4) is 5.75 Å². The zero-order valence-electron chi connectivity index (χ0n) is 10.4. The summed E-state index contributed by atoms with van der Waals surface area (Å²) in [6.45, 7) is 9.35. The first-order valence-electron chi connectivity index (χ1n) is 5.88.